The summed E-state index contributed by atoms with van der Waals surface area (Å²) in [5.41, 5.74) is 8.57. The predicted octanol–water partition coefficient (Wildman–Crippen LogP) is 2.98. The molecule has 1 unspecified atom stereocenters. The van der Waals surface area contributed by atoms with Gasteiger partial charge in [0.2, 0.25) is 5.82 Å². The number of aromatic nitrogens is 2. The monoisotopic (exact) mass is 336 g/mol. The van der Waals surface area contributed by atoms with E-state index in [9.17, 15) is 10.1 Å². The molecule has 104 valence electrons. The van der Waals surface area contributed by atoms with Gasteiger partial charge in [-0.05, 0) is 43.0 Å². The normalized spacial score (nSPS) is 17.2. The van der Waals surface area contributed by atoms with Gasteiger partial charge in [-0.25, -0.2) is 4.68 Å². The van der Waals surface area contributed by atoms with Crippen LogP contribution in [0.25, 0.3) is 0 Å². The van der Waals surface area contributed by atoms with E-state index in [2.05, 4.69) is 27.1 Å². The lowest BCUT2D eigenvalue weighted by molar-refractivity contribution is -0.384. The van der Waals surface area contributed by atoms with Gasteiger partial charge in [-0.15, -0.1) is 0 Å². The molecule has 2 aromatic rings. The average Bonchev–Trinajstić information content (AvgIpc) is 2.89. The van der Waals surface area contributed by atoms with E-state index in [-0.39, 0.29) is 17.5 Å². The molecule has 1 heterocycles. The maximum atomic E-state index is 11.0. The molecule has 0 amide bonds. The summed E-state index contributed by atoms with van der Waals surface area (Å²) in [5.74, 6) is 0.133. The third kappa shape index (κ3) is 1.89. The lowest BCUT2D eigenvalue weighted by Crippen LogP contribution is -2.12. The quantitative estimate of drug-likeness (QED) is 0.674. The fourth-order valence-corrected chi connectivity index (χ4v) is 3.25. The number of nitro groups is 1. The Balaban J connectivity index is 2.09. The van der Waals surface area contributed by atoms with Crippen LogP contribution in [0.2, 0.25) is 0 Å². The molecule has 1 aliphatic carbocycles. The van der Waals surface area contributed by atoms with E-state index in [1.54, 1.807) is 11.6 Å². The second kappa shape index (κ2) is 4.59. The molecular weight excluding hydrogens is 324 g/mol. The average molecular weight is 337 g/mol. The smallest absolute Gasteiger partial charge is 0.333 e. The molecule has 0 aliphatic heterocycles. The van der Waals surface area contributed by atoms with Gasteiger partial charge in [0.15, 0.2) is 0 Å². The molecular formula is C13H13BrN4O2. The summed E-state index contributed by atoms with van der Waals surface area (Å²) in [6.07, 6.45) is 1.78. The maximum absolute atomic E-state index is 11.0. The van der Waals surface area contributed by atoms with Crippen molar-refractivity contribution in [2.45, 2.75) is 25.8 Å². The highest BCUT2D eigenvalue weighted by molar-refractivity contribution is 9.10. The van der Waals surface area contributed by atoms with Crippen molar-refractivity contribution >= 4 is 27.4 Å². The Hall–Kier alpha value is -1.89. The van der Waals surface area contributed by atoms with Crippen molar-refractivity contribution in [2.75, 3.05) is 5.73 Å². The van der Waals surface area contributed by atoms with Crippen LogP contribution in [0.4, 0.5) is 11.5 Å². The Morgan fingerprint density at radius 1 is 1.55 bits per heavy atom. The first-order chi connectivity index (χ1) is 9.49. The molecule has 1 aromatic heterocycles. The minimum Gasteiger partial charge on any atom is -0.378 e. The molecule has 20 heavy (non-hydrogen) atoms. The van der Waals surface area contributed by atoms with Gasteiger partial charge in [0.25, 0.3) is 0 Å². The molecule has 0 saturated carbocycles. The van der Waals surface area contributed by atoms with Crippen LogP contribution >= 0.6 is 15.9 Å². The number of anilines is 1. The van der Waals surface area contributed by atoms with E-state index in [1.165, 1.54) is 5.56 Å². The van der Waals surface area contributed by atoms with Crippen LogP contribution in [0.1, 0.15) is 29.3 Å². The van der Waals surface area contributed by atoms with E-state index < -0.39 is 4.92 Å². The number of rotatable bonds is 2. The topological polar surface area (TPSA) is 87.0 Å². The van der Waals surface area contributed by atoms with Crippen molar-refractivity contribution in [3.8, 4) is 0 Å². The largest absolute Gasteiger partial charge is 0.378 e. The van der Waals surface area contributed by atoms with Crippen LogP contribution in [-0.2, 0) is 6.42 Å². The number of halogens is 1. The lowest BCUT2D eigenvalue weighted by Gasteiger charge is -2.13. The fourth-order valence-electron chi connectivity index (χ4n) is 2.84. The third-order valence-corrected chi connectivity index (χ3v) is 4.21. The Morgan fingerprint density at radius 3 is 2.95 bits per heavy atom. The number of nitrogen functional groups attached to an aromatic ring is 1. The third-order valence-electron chi connectivity index (χ3n) is 3.72. The Morgan fingerprint density at radius 2 is 2.30 bits per heavy atom. The maximum Gasteiger partial charge on any atom is 0.333 e. The van der Waals surface area contributed by atoms with Crippen molar-refractivity contribution in [3.63, 3.8) is 0 Å². The van der Waals surface area contributed by atoms with Crippen molar-refractivity contribution in [3.05, 3.63) is 49.6 Å². The number of fused-ring (bicyclic) bond motifs is 1. The standard InChI is InChI=1S/C13H13BrN4O2/c1-7-12(18(19)20)13(15)17(16-7)11-5-2-8-6-9(14)3-4-10(8)11/h3-4,6,11H,2,5,15H2,1H3. The molecule has 1 atom stereocenters. The fraction of sp³-hybridized carbons (Fsp3) is 0.308. The molecule has 6 nitrogen and oxygen atoms in total. The molecule has 0 fully saturated rings. The second-order valence-corrected chi connectivity index (χ2v) is 5.83. The predicted molar refractivity (Wildman–Crippen MR) is 78.6 cm³/mol. The second-order valence-electron chi connectivity index (χ2n) is 4.92. The number of benzene rings is 1. The van der Waals surface area contributed by atoms with E-state index >= 15 is 0 Å². The number of hydrogen-bond acceptors (Lipinski definition) is 4. The summed E-state index contributed by atoms with van der Waals surface area (Å²) >= 11 is 3.45. The molecule has 3 rings (SSSR count). The summed E-state index contributed by atoms with van der Waals surface area (Å²) in [6, 6.07) is 6.05. The minimum atomic E-state index is -0.467. The molecule has 2 N–H and O–H groups in total. The zero-order chi connectivity index (χ0) is 14.4. The van der Waals surface area contributed by atoms with Crippen LogP contribution in [0.15, 0.2) is 22.7 Å². The zero-order valence-electron chi connectivity index (χ0n) is 10.8. The Labute approximate surface area is 123 Å². The van der Waals surface area contributed by atoms with Gasteiger partial charge in [-0.2, -0.15) is 5.10 Å². The number of hydrogen-bond donors (Lipinski definition) is 1. The van der Waals surface area contributed by atoms with E-state index in [0.717, 1.165) is 22.9 Å². The molecule has 0 saturated heterocycles. The van der Waals surface area contributed by atoms with Crippen LogP contribution in [0.3, 0.4) is 0 Å². The highest BCUT2D eigenvalue weighted by atomic mass is 79.9. The van der Waals surface area contributed by atoms with Gasteiger partial charge in [0.1, 0.15) is 5.69 Å². The summed E-state index contributed by atoms with van der Waals surface area (Å²) in [6.45, 7) is 1.61. The summed E-state index contributed by atoms with van der Waals surface area (Å²) in [7, 11) is 0. The Kier molecular flexibility index (Phi) is 3.01. The zero-order valence-corrected chi connectivity index (χ0v) is 12.4. The van der Waals surface area contributed by atoms with Gasteiger partial charge in [0, 0.05) is 4.47 Å². The molecule has 1 aromatic carbocycles. The molecule has 0 spiro atoms. The van der Waals surface area contributed by atoms with Gasteiger partial charge >= 0.3 is 5.69 Å². The molecule has 0 bridgehead atoms. The number of aryl methyl sites for hydroxylation is 2. The lowest BCUT2D eigenvalue weighted by atomic mass is 10.1. The van der Waals surface area contributed by atoms with E-state index in [1.807, 2.05) is 12.1 Å². The van der Waals surface area contributed by atoms with Gasteiger partial charge in [-0.1, -0.05) is 22.0 Å². The summed E-state index contributed by atoms with van der Waals surface area (Å²) < 4.78 is 2.63. The van der Waals surface area contributed by atoms with Gasteiger partial charge in [-0.3, -0.25) is 10.1 Å². The van der Waals surface area contributed by atoms with Crippen LogP contribution in [0.5, 0.6) is 0 Å². The highest BCUT2D eigenvalue weighted by Crippen LogP contribution is 2.39. The van der Waals surface area contributed by atoms with Crippen molar-refractivity contribution in [2.24, 2.45) is 0 Å². The van der Waals surface area contributed by atoms with Gasteiger partial charge < -0.3 is 5.73 Å². The number of nitrogens with two attached hydrogens (primary N) is 1. The molecule has 1 aliphatic rings. The first-order valence-electron chi connectivity index (χ1n) is 6.26. The summed E-state index contributed by atoms with van der Waals surface area (Å²) in [4.78, 5) is 10.6. The van der Waals surface area contributed by atoms with Crippen molar-refractivity contribution in [1.29, 1.82) is 0 Å². The number of nitrogens with zero attached hydrogens (tertiary/aromatic N) is 3. The minimum absolute atomic E-state index is 0.0227. The Bertz CT molecular complexity index is 711. The first kappa shape index (κ1) is 13.1. The van der Waals surface area contributed by atoms with Crippen molar-refractivity contribution < 1.29 is 4.92 Å². The van der Waals surface area contributed by atoms with E-state index in [4.69, 9.17) is 5.73 Å². The van der Waals surface area contributed by atoms with Crippen LogP contribution in [-0.4, -0.2) is 14.7 Å². The van der Waals surface area contributed by atoms with Crippen LogP contribution in [0, 0.1) is 17.0 Å². The van der Waals surface area contributed by atoms with Crippen molar-refractivity contribution in [1.82, 2.24) is 9.78 Å². The molecule has 0 radical (unpaired) electrons. The highest BCUT2D eigenvalue weighted by Gasteiger charge is 2.31. The van der Waals surface area contributed by atoms with Gasteiger partial charge in [0.05, 0.1) is 11.0 Å². The molecule has 7 heteroatoms. The SMILES string of the molecule is Cc1nn(C2CCc3cc(Br)ccc32)c(N)c1[N+](=O)[O-]. The van der Waals surface area contributed by atoms with E-state index in [0.29, 0.717) is 5.69 Å². The first-order valence-corrected chi connectivity index (χ1v) is 7.05. The summed E-state index contributed by atoms with van der Waals surface area (Å²) in [5, 5.41) is 15.3. The van der Waals surface area contributed by atoms with Crippen LogP contribution < -0.4 is 5.73 Å².